The minimum Gasteiger partial charge on any atom is -0.383 e. The minimum absolute atomic E-state index is 0.0387. The van der Waals surface area contributed by atoms with Crippen LogP contribution in [0, 0.1) is 10.1 Å². The first-order chi connectivity index (χ1) is 9.70. The number of nitrogens with one attached hydrogen (secondary N) is 1. The summed E-state index contributed by atoms with van der Waals surface area (Å²) in [4.78, 5) is 10.4. The van der Waals surface area contributed by atoms with Gasteiger partial charge in [0.2, 0.25) is 10.0 Å². The van der Waals surface area contributed by atoms with Gasteiger partial charge in [-0.1, -0.05) is 0 Å². The average molecular weight is 313 g/mol. The molecule has 2 rings (SSSR count). The lowest BCUT2D eigenvalue weighted by molar-refractivity contribution is -0.384. The van der Waals surface area contributed by atoms with E-state index in [0.29, 0.717) is 12.2 Å². The SMILES string of the molecule is CNc1ccc(S(=O)(=O)N2CCCC2(C)C)cc1[N+](=O)[O-]. The van der Waals surface area contributed by atoms with Crippen LogP contribution in [0.2, 0.25) is 0 Å². The van der Waals surface area contributed by atoms with E-state index >= 15 is 0 Å². The van der Waals surface area contributed by atoms with Gasteiger partial charge < -0.3 is 5.32 Å². The zero-order chi connectivity index (χ0) is 15.8. The van der Waals surface area contributed by atoms with Gasteiger partial charge in [-0.2, -0.15) is 4.31 Å². The van der Waals surface area contributed by atoms with Crippen molar-refractivity contribution in [2.24, 2.45) is 0 Å². The molecule has 1 aromatic rings. The molecule has 0 saturated carbocycles. The first-order valence-corrected chi connectivity index (χ1v) is 8.13. The third-order valence-corrected chi connectivity index (χ3v) is 5.95. The molecule has 21 heavy (non-hydrogen) atoms. The fourth-order valence-corrected chi connectivity index (χ4v) is 4.56. The second-order valence-electron chi connectivity index (χ2n) is 5.68. The standard InChI is InChI=1S/C13H19N3O4S/c1-13(2)7-4-8-15(13)21(19,20)10-5-6-11(14-3)12(9-10)16(17)18/h5-6,9,14H,4,7-8H2,1-3H3. The molecule has 116 valence electrons. The maximum atomic E-state index is 12.7. The number of rotatable bonds is 4. The van der Waals surface area contributed by atoms with E-state index in [1.807, 2.05) is 13.8 Å². The number of benzene rings is 1. The monoisotopic (exact) mass is 313 g/mol. The highest BCUT2D eigenvalue weighted by molar-refractivity contribution is 7.89. The van der Waals surface area contributed by atoms with Gasteiger partial charge in [-0.25, -0.2) is 8.42 Å². The van der Waals surface area contributed by atoms with Crippen LogP contribution in [0.25, 0.3) is 0 Å². The van der Waals surface area contributed by atoms with Gasteiger partial charge in [-0.15, -0.1) is 0 Å². The van der Waals surface area contributed by atoms with Crippen molar-refractivity contribution in [2.45, 2.75) is 37.1 Å². The Bertz CT molecular complexity index is 670. The third kappa shape index (κ3) is 2.73. The van der Waals surface area contributed by atoms with Crippen LogP contribution in [-0.4, -0.2) is 36.8 Å². The molecule has 7 nitrogen and oxygen atoms in total. The largest absolute Gasteiger partial charge is 0.383 e. The maximum Gasteiger partial charge on any atom is 0.293 e. The topological polar surface area (TPSA) is 92.6 Å². The van der Waals surface area contributed by atoms with Crippen LogP contribution in [0.15, 0.2) is 23.1 Å². The smallest absolute Gasteiger partial charge is 0.293 e. The van der Waals surface area contributed by atoms with Gasteiger partial charge in [-0.3, -0.25) is 10.1 Å². The van der Waals surface area contributed by atoms with E-state index < -0.39 is 20.5 Å². The molecule has 1 aliphatic rings. The second kappa shape index (κ2) is 5.27. The molecule has 0 atom stereocenters. The normalized spacial score (nSPS) is 18.6. The van der Waals surface area contributed by atoms with E-state index in [2.05, 4.69) is 5.32 Å². The van der Waals surface area contributed by atoms with Crippen molar-refractivity contribution in [3.63, 3.8) is 0 Å². The fraction of sp³-hybridized carbons (Fsp3) is 0.538. The molecule has 1 saturated heterocycles. The van der Waals surface area contributed by atoms with Gasteiger partial charge in [0, 0.05) is 25.2 Å². The lowest BCUT2D eigenvalue weighted by Crippen LogP contribution is -2.42. The van der Waals surface area contributed by atoms with Crippen LogP contribution in [0.4, 0.5) is 11.4 Å². The van der Waals surface area contributed by atoms with Crippen molar-refractivity contribution in [1.82, 2.24) is 4.31 Å². The molecule has 1 heterocycles. The molecule has 1 N–H and O–H groups in total. The molecule has 0 bridgehead atoms. The van der Waals surface area contributed by atoms with Gasteiger partial charge in [0.15, 0.2) is 0 Å². The van der Waals surface area contributed by atoms with E-state index in [-0.39, 0.29) is 10.6 Å². The predicted octanol–water partition coefficient (Wildman–Crippen LogP) is 2.20. The summed E-state index contributed by atoms with van der Waals surface area (Å²) in [6.45, 7) is 4.18. The summed E-state index contributed by atoms with van der Waals surface area (Å²) in [6, 6.07) is 3.95. The highest BCUT2D eigenvalue weighted by Crippen LogP contribution is 2.36. The van der Waals surface area contributed by atoms with Crippen LogP contribution in [0.3, 0.4) is 0 Å². The number of nitro groups is 1. The summed E-state index contributed by atoms with van der Waals surface area (Å²) in [5.74, 6) is 0. The highest BCUT2D eigenvalue weighted by atomic mass is 32.2. The summed E-state index contributed by atoms with van der Waals surface area (Å²) in [5.41, 5.74) is -0.412. The van der Waals surface area contributed by atoms with Crippen molar-refractivity contribution in [2.75, 3.05) is 18.9 Å². The summed E-state index contributed by atoms with van der Waals surface area (Å²) in [6.07, 6.45) is 1.58. The Labute approximate surface area is 124 Å². The quantitative estimate of drug-likeness (QED) is 0.679. The van der Waals surface area contributed by atoms with Crippen LogP contribution >= 0.6 is 0 Å². The van der Waals surface area contributed by atoms with Crippen molar-refractivity contribution < 1.29 is 13.3 Å². The lowest BCUT2D eigenvalue weighted by Gasteiger charge is -2.30. The molecule has 0 aromatic heterocycles. The Morgan fingerprint density at radius 1 is 1.38 bits per heavy atom. The molecule has 0 amide bonds. The molecule has 1 aromatic carbocycles. The number of nitro benzene ring substituents is 1. The minimum atomic E-state index is -3.73. The first-order valence-electron chi connectivity index (χ1n) is 6.69. The first kappa shape index (κ1) is 15.7. The Kier molecular flexibility index (Phi) is 3.94. The Balaban J connectivity index is 2.51. The number of anilines is 1. The molecule has 0 radical (unpaired) electrons. The number of hydrogen-bond acceptors (Lipinski definition) is 5. The summed E-state index contributed by atoms with van der Waals surface area (Å²) >= 11 is 0. The van der Waals surface area contributed by atoms with Gasteiger partial charge in [0.05, 0.1) is 9.82 Å². The van der Waals surface area contributed by atoms with Gasteiger partial charge in [-0.05, 0) is 38.8 Å². The zero-order valence-electron chi connectivity index (χ0n) is 12.3. The van der Waals surface area contributed by atoms with E-state index in [0.717, 1.165) is 18.9 Å². The van der Waals surface area contributed by atoms with Crippen molar-refractivity contribution in [3.05, 3.63) is 28.3 Å². The predicted molar refractivity (Wildman–Crippen MR) is 79.8 cm³/mol. The molecule has 0 spiro atoms. The van der Waals surface area contributed by atoms with Crippen LogP contribution in [-0.2, 0) is 10.0 Å². The Morgan fingerprint density at radius 3 is 2.52 bits per heavy atom. The van der Waals surface area contributed by atoms with Crippen LogP contribution < -0.4 is 5.32 Å². The van der Waals surface area contributed by atoms with Crippen molar-refractivity contribution >= 4 is 21.4 Å². The van der Waals surface area contributed by atoms with E-state index in [1.54, 1.807) is 7.05 Å². The van der Waals surface area contributed by atoms with Gasteiger partial charge >= 0.3 is 0 Å². The van der Waals surface area contributed by atoms with Crippen molar-refractivity contribution in [3.8, 4) is 0 Å². The Hall–Kier alpha value is -1.67. The summed E-state index contributed by atoms with van der Waals surface area (Å²) in [7, 11) is -2.17. The molecule has 1 fully saturated rings. The number of hydrogen-bond donors (Lipinski definition) is 1. The third-order valence-electron chi connectivity index (χ3n) is 3.85. The molecular weight excluding hydrogens is 294 g/mol. The summed E-state index contributed by atoms with van der Waals surface area (Å²) in [5, 5.41) is 13.8. The van der Waals surface area contributed by atoms with Crippen LogP contribution in [0.5, 0.6) is 0 Å². The van der Waals surface area contributed by atoms with Gasteiger partial charge in [0.25, 0.3) is 5.69 Å². The molecule has 0 unspecified atom stereocenters. The molecule has 1 aliphatic heterocycles. The van der Waals surface area contributed by atoms with E-state index in [1.165, 1.54) is 16.4 Å². The highest BCUT2D eigenvalue weighted by Gasteiger charge is 2.41. The van der Waals surface area contributed by atoms with Crippen molar-refractivity contribution in [1.29, 1.82) is 0 Å². The molecule has 0 aliphatic carbocycles. The van der Waals surface area contributed by atoms with E-state index in [9.17, 15) is 18.5 Å². The Morgan fingerprint density at radius 2 is 2.05 bits per heavy atom. The molecule has 8 heteroatoms. The maximum absolute atomic E-state index is 12.7. The molecular formula is C13H19N3O4S. The van der Waals surface area contributed by atoms with E-state index in [4.69, 9.17) is 0 Å². The average Bonchev–Trinajstić information content (AvgIpc) is 2.78. The number of nitrogens with zero attached hydrogens (tertiary/aromatic N) is 2. The number of sulfonamides is 1. The van der Waals surface area contributed by atoms with Crippen LogP contribution in [0.1, 0.15) is 26.7 Å². The van der Waals surface area contributed by atoms with Gasteiger partial charge in [0.1, 0.15) is 5.69 Å². The summed E-state index contributed by atoms with van der Waals surface area (Å²) < 4.78 is 26.8. The zero-order valence-corrected chi connectivity index (χ0v) is 13.1. The lowest BCUT2D eigenvalue weighted by atomic mass is 10.0. The fourth-order valence-electron chi connectivity index (χ4n) is 2.69. The second-order valence-corrected chi connectivity index (χ2v) is 7.54.